The van der Waals surface area contributed by atoms with Gasteiger partial charge in [0.2, 0.25) is 10.0 Å². The van der Waals surface area contributed by atoms with E-state index in [2.05, 4.69) is 0 Å². The summed E-state index contributed by atoms with van der Waals surface area (Å²) in [6.45, 7) is 3.69. The summed E-state index contributed by atoms with van der Waals surface area (Å²) in [5.41, 5.74) is -1.08. The first-order valence-corrected chi connectivity index (χ1v) is 9.20. The van der Waals surface area contributed by atoms with Crippen LogP contribution in [-0.4, -0.2) is 31.7 Å². The van der Waals surface area contributed by atoms with Gasteiger partial charge in [-0.3, -0.25) is 4.79 Å². The van der Waals surface area contributed by atoms with E-state index in [1.165, 1.54) is 0 Å². The molecule has 1 amide bonds. The van der Waals surface area contributed by atoms with Crippen LogP contribution in [0.3, 0.4) is 0 Å². The Morgan fingerprint density at radius 2 is 1.62 bits per heavy atom. The van der Waals surface area contributed by atoms with Crippen molar-refractivity contribution >= 4 is 21.6 Å². The van der Waals surface area contributed by atoms with E-state index in [1.54, 1.807) is 13.8 Å². The van der Waals surface area contributed by atoms with Gasteiger partial charge in [0.15, 0.2) is 0 Å². The van der Waals surface area contributed by atoms with Gasteiger partial charge in [0, 0.05) is 19.2 Å². The summed E-state index contributed by atoms with van der Waals surface area (Å²) in [5, 5.41) is 2.04. The Morgan fingerprint density at radius 1 is 1.00 bits per heavy atom. The summed E-state index contributed by atoms with van der Waals surface area (Å²) >= 11 is 0. The molecule has 26 heavy (non-hydrogen) atoms. The van der Waals surface area contributed by atoms with E-state index in [4.69, 9.17) is 0 Å². The molecule has 0 aromatic heterocycles. The Hall–Kier alpha value is -2.39. The van der Waals surface area contributed by atoms with Crippen molar-refractivity contribution in [2.75, 3.05) is 18.4 Å². The van der Waals surface area contributed by atoms with Crippen LogP contribution in [-0.2, 0) is 10.0 Å². The van der Waals surface area contributed by atoms with Crippen LogP contribution in [0.4, 0.5) is 18.9 Å². The SMILES string of the molecule is CCN(CC)S(=O)(=O)c1ccc(F)c(C(=O)Nc2cc(F)ccc2F)c1. The summed E-state index contributed by atoms with van der Waals surface area (Å²) in [7, 11) is -3.91. The van der Waals surface area contributed by atoms with Gasteiger partial charge in [-0.2, -0.15) is 4.31 Å². The number of rotatable bonds is 6. The molecular weight excluding hydrogens is 369 g/mol. The molecule has 0 bridgehead atoms. The number of hydrogen-bond donors (Lipinski definition) is 1. The van der Waals surface area contributed by atoms with Gasteiger partial charge in [-0.05, 0) is 30.3 Å². The van der Waals surface area contributed by atoms with Gasteiger partial charge >= 0.3 is 0 Å². The fourth-order valence-corrected chi connectivity index (χ4v) is 3.82. The van der Waals surface area contributed by atoms with Crippen molar-refractivity contribution in [3.05, 3.63) is 59.4 Å². The van der Waals surface area contributed by atoms with Crippen molar-refractivity contribution in [3.63, 3.8) is 0 Å². The average molecular weight is 386 g/mol. The highest BCUT2D eigenvalue weighted by molar-refractivity contribution is 7.89. The zero-order valence-corrected chi connectivity index (χ0v) is 14.9. The lowest BCUT2D eigenvalue weighted by Crippen LogP contribution is -2.31. The number of benzene rings is 2. The van der Waals surface area contributed by atoms with Crippen LogP contribution in [0.5, 0.6) is 0 Å². The smallest absolute Gasteiger partial charge is 0.258 e. The minimum Gasteiger partial charge on any atom is -0.319 e. The summed E-state index contributed by atoms with van der Waals surface area (Å²) in [5.74, 6) is -3.78. The number of halogens is 3. The van der Waals surface area contributed by atoms with E-state index in [-0.39, 0.29) is 18.0 Å². The third kappa shape index (κ3) is 4.05. The molecule has 0 saturated heterocycles. The highest BCUT2D eigenvalue weighted by Gasteiger charge is 2.24. The summed E-state index contributed by atoms with van der Waals surface area (Å²) in [4.78, 5) is 12.0. The van der Waals surface area contributed by atoms with Gasteiger partial charge in [-0.25, -0.2) is 21.6 Å². The zero-order valence-electron chi connectivity index (χ0n) is 14.1. The molecule has 1 N–H and O–H groups in total. The van der Waals surface area contributed by atoms with E-state index in [1.807, 2.05) is 5.32 Å². The number of carbonyl (C=O) groups excluding carboxylic acids is 1. The van der Waals surface area contributed by atoms with Gasteiger partial charge in [0.05, 0.1) is 16.1 Å². The molecule has 0 atom stereocenters. The predicted molar refractivity (Wildman–Crippen MR) is 90.8 cm³/mol. The second-order valence-electron chi connectivity index (χ2n) is 5.31. The molecule has 2 aromatic rings. The highest BCUT2D eigenvalue weighted by atomic mass is 32.2. The average Bonchev–Trinajstić information content (AvgIpc) is 2.59. The summed E-state index contributed by atoms with van der Waals surface area (Å²) < 4.78 is 67.0. The molecule has 140 valence electrons. The second kappa shape index (κ2) is 7.88. The zero-order chi connectivity index (χ0) is 19.5. The number of anilines is 1. The van der Waals surface area contributed by atoms with Crippen molar-refractivity contribution in [2.45, 2.75) is 18.7 Å². The fraction of sp³-hybridized carbons (Fsp3) is 0.235. The van der Waals surface area contributed by atoms with Crippen molar-refractivity contribution in [2.24, 2.45) is 0 Å². The fourth-order valence-electron chi connectivity index (χ4n) is 2.33. The number of nitrogens with zero attached hydrogens (tertiary/aromatic N) is 1. The van der Waals surface area contributed by atoms with Gasteiger partial charge in [-0.1, -0.05) is 13.8 Å². The van der Waals surface area contributed by atoms with E-state index < -0.39 is 44.6 Å². The van der Waals surface area contributed by atoms with Crippen molar-refractivity contribution < 1.29 is 26.4 Å². The molecule has 0 saturated carbocycles. The minimum absolute atomic E-state index is 0.201. The van der Waals surface area contributed by atoms with Crippen molar-refractivity contribution in [3.8, 4) is 0 Å². The third-order valence-corrected chi connectivity index (χ3v) is 5.75. The summed E-state index contributed by atoms with van der Waals surface area (Å²) in [6.07, 6.45) is 0. The lowest BCUT2D eigenvalue weighted by molar-refractivity contribution is 0.102. The van der Waals surface area contributed by atoms with Gasteiger partial charge in [-0.15, -0.1) is 0 Å². The molecule has 0 fully saturated rings. The normalized spacial score (nSPS) is 11.6. The molecule has 0 aliphatic rings. The number of nitrogens with one attached hydrogen (secondary N) is 1. The Balaban J connectivity index is 2.41. The van der Waals surface area contributed by atoms with E-state index in [9.17, 15) is 26.4 Å². The summed E-state index contributed by atoms with van der Waals surface area (Å²) in [6, 6.07) is 5.17. The number of carbonyl (C=O) groups is 1. The van der Waals surface area contributed by atoms with E-state index in [0.717, 1.165) is 40.7 Å². The molecule has 5 nitrogen and oxygen atoms in total. The third-order valence-electron chi connectivity index (χ3n) is 3.70. The first-order chi connectivity index (χ1) is 12.2. The largest absolute Gasteiger partial charge is 0.319 e. The van der Waals surface area contributed by atoms with Crippen molar-refractivity contribution in [1.29, 1.82) is 0 Å². The maximum atomic E-state index is 14.0. The molecule has 0 spiro atoms. The van der Waals surface area contributed by atoms with E-state index >= 15 is 0 Å². The van der Waals surface area contributed by atoms with Gasteiger partial charge in [0.25, 0.3) is 5.91 Å². The van der Waals surface area contributed by atoms with Crippen molar-refractivity contribution in [1.82, 2.24) is 4.31 Å². The van der Waals surface area contributed by atoms with Crippen LogP contribution < -0.4 is 5.32 Å². The van der Waals surface area contributed by atoms with Crippen LogP contribution in [0.2, 0.25) is 0 Å². The lowest BCUT2D eigenvalue weighted by atomic mass is 10.2. The Bertz CT molecular complexity index is 929. The van der Waals surface area contributed by atoms with Crippen LogP contribution >= 0.6 is 0 Å². The maximum absolute atomic E-state index is 14.0. The van der Waals surface area contributed by atoms with Crippen LogP contribution in [0.15, 0.2) is 41.3 Å². The lowest BCUT2D eigenvalue weighted by Gasteiger charge is -2.19. The quantitative estimate of drug-likeness (QED) is 0.828. The number of hydrogen-bond acceptors (Lipinski definition) is 3. The van der Waals surface area contributed by atoms with Crippen LogP contribution in [0.1, 0.15) is 24.2 Å². The minimum atomic E-state index is -3.91. The maximum Gasteiger partial charge on any atom is 0.258 e. The predicted octanol–water partition coefficient (Wildman–Crippen LogP) is 3.39. The standard InChI is InChI=1S/C17H17F3N2O3S/c1-3-22(4-2)26(24,25)12-6-8-14(19)13(10-12)17(23)21-16-9-11(18)5-7-15(16)20/h5-10H,3-4H2,1-2H3,(H,21,23). The van der Waals surface area contributed by atoms with Crippen LogP contribution in [0, 0.1) is 17.5 Å². The first kappa shape index (κ1) is 19.9. The molecule has 0 unspecified atom stereocenters. The number of sulfonamides is 1. The monoisotopic (exact) mass is 386 g/mol. The Labute approximate surface area is 149 Å². The molecular formula is C17H17F3N2O3S. The first-order valence-electron chi connectivity index (χ1n) is 7.76. The topological polar surface area (TPSA) is 66.5 Å². The van der Waals surface area contributed by atoms with E-state index in [0.29, 0.717) is 0 Å². The highest BCUT2D eigenvalue weighted by Crippen LogP contribution is 2.21. The molecule has 0 aliphatic carbocycles. The molecule has 0 heterocycles. The molecule has 9 heteroatoms. The number of amides is 1. The molecule has 2 rings (SSSR count). The molecule has 0 aliphatic heterocycles. The molecule has 0 radical (unpaired) electrons. The Kier molecular flexibility index (Phi) is 6.04. The Morgan fingerprint density at radius 3 is 2.23 bits per heavy atom. The van der Waals surface area contributed by atoms with Crippen LogP contribution in [0.25, 0.3) is 0 Å². The second-order valence-corrected chi connectivity index (χ2v) is 7.25. The van der Waals surface area contributed by atoms with Gasteiger partial charge < -0.3 is 5.32 Å². The van der Waals surface area contributed by atoms with Gasteiger partial charge in [0.1, 0.15) is 17.5 Å². The molecule has 2 aromatic carbocycles.